The molecule has 1 aromatic rings. The summed E-state index contributed by atoms with van der Waals surface area (Å²) in [7, 11) is 1.74. The summed E-state index contributed by atoms with van der Waals surface area (Å²) in [6.45, 7) is 1.26. The van der Waals surface area contributed by atoms with Crippen LogP contribution in [-0.4, -0.2) is 29.5 Å². The Morgan fingerprint density at radius 3 is 3.12 bits per heavy atom. The molecular formula is C12H12N2O2. The smallest absolute Gasteiger partial charge is 0.258 e. The number of aromatic hydroxyl groups is 1. The lowest BCUT2D eigenvalue weighted by Crippen LogP contribution is -2.30. The van der Waals surface area contributed by atoms with Gasteiger partial charge in [0.05, 0.1) is 5.56 Å². The number of benzene rings is 1. The van der Waals surface area contributed by atoms with E-state index < -0.39 is 0 Å². The summed E-state index contributed by atoms with van der Waals surface area (Å²) in [5, 5.41) is 11.6. The van der Waals surface area contributed by atoms with E-state index in [0.29, 0.717) is 24.0 Å². The summed E-state index contributed by atoms with van der Waals surface area (Å²) in [6, 6.07) is 1.97. The van der Waals surface area contributed by atoms with Gasteiger partial charge >= 0.3 is 0 Å². The first-order valence-electron chi connectivity index (χ1n) is 5.33. The van der Waals surface area contributed by atoms with E-state index >= 15 is 0 Å². The summed E-state index contributed by atoms with van der Waals surface area (Å²) < 4.78 is 0. The minimum Gasteiger partial charge on any atom is -0.505 e. The first-order chi connectivity index (χ1) is 7.68. The highest BCUT2D eigenvalue weighted by Crippen LogP contribution is 2.25. The van der Waals surface area contributed by atoms with Gasteiger partial charge in [-0.05, 0) is 23.3 Å². The summed E-state index contributed by atoms with van der Waals surface area (Å²) >= 11 is 0. The van der Waals surface area contributed by atoms with Crippen molar-refractivity contribution in [1.29, 1.82) is 0 Å². The minimum absolute atomic E-state index is 0.0535. The second kappa shape index (κ2) is 3.07. The molecule has 1 amide bonds. The van der Waals surface area contributed by atoms with E-state index in [1.54, 1.807) is 11.9 Å². The average Bonchev–Trinajstić information content (AvgIpc) is 2.55. The van der Waals surface area contributed by atoms with Gasteiger partial charge < -0.3 is 10.0 Å². The minimum atomic E-state index is -0.115. The predicted molar refractivity (Wildman–Crippen MR) is 58.6 cm³/mol. The van der Waals surface area contributed by atoms with Crippen molar-refractivity contribution in [3.63, 3.8) is 0 Å². The Labute approximate surface area is 92.5 Å². The second-order valence-corrected chi connectivity index (χ2v) is 4.23. The molecule has 0 fully saturated rings. The van der Waals surface area contributed by atoms with E-state index in [1.807, 2.05) is 6.07 Å². The maximum atomic E-state index is 11.8. The number of fused-ring (bicyclic) bond motifs is 2. The van der Waals surface area contributed by atoms with Crippen molar-refractivity contribution in [3.05, 3.63) is 27.8 Å². The van der Waals surface area contributed by atoms with Crippen LogP contribution in [0.1, 0.15) is 22.3 Å². The molecule has 0 atom stereocenters. The molecule has 4 heteroatoms. The predicted octanol–water partition coefficient (Wildman–Crippen LogP) is -0.218. The fourth-order valence-corrected chi connectivity index (χ4v) is 2.34. The molecule has 0 unspecified atom stereocenters. The van der Waals surface area contributed by atoms with Gasteiger partial charge in [-0.1, -0.05) is 6.08 Å². The molecule has 82 valence electrons. The molecule has 0 saturated heterocycles. The van der Waals surface area contributed by atoms with Crippen LogP contribution in [0.3, 0.4) is 0 Å². The van der Waals surface area contributed by atoms with E-state index in [-0.39, 0.29) is 11.7 Å². The number of carbonyl (C=O) groups excluding carboxylic acids is 1. The molecular weight excluding hydrogens is 204 g/mol. The Morgan fingerprint density at radius 1 is 1.50 bits per heavy atom. The Balaban J connectivity index is 2.40. The molecule has 1 N–H and O–H groups in total. The number of phenols is 1. The molecule has 0 spiro atoms. The molecule has 2 aliphatic heterocycles. The third kappa shape index (κ3) is 1.10. The quantitative estimate of drug-likeness (QED) is 0.652. The van der Waals surface area contributed by atoms with E-state index in [0.717, 1.165) is 17.2 Å². The standard InChI is InChI=1S/C12H12N2O2/c1-14-6-8-5-7-3-2-4-13-10(7)11(15)9(8)12(14)16/h3,5,15H,2,4,6H2,1H3. The van der Waals surface area contributed by atoms with Crippen molar-refractivity contribution in [3.8, 4) is 5.75 Å². The zero-order valence-corrected chi connectivity index (χ0v) is 9.03. The molecule has 4 nitrogen and oxygen atoms in total. The molecule has 16 heavy (non-hydrogen) atoms. The summed E-state index contributed by atoms with van der Waals surface area (Å²) in [5.74, 6) is -0.0612. The molecule has 0 aromatic heterocycles. The van der Waals surface area contributed by atoms with Gasteiger partial charge in [0.1, 0.15) is 5.36 Å². The zero-order chi connectivity index (χ0) is 11.3. The molecule has 0 bridgehead atoms. The van der Waals surface area contributed by atoms with Crippen molar-refractivity contribution < 1.29 is 9.90 Å². The number of hydrogen-bond acceptors (Lipinski definition) is 3. The number of rotatable bonds is 0. The van der Waals surface area contributed by atoms with Gasteiger partial charge in [0.15, 0.2) is 5.75 Å². The lowest BCUT2D eigenvalue weighted by molar-refractivity contribution is 0.0814. The van der Waals surface area contributed by atoms with E-state index in [1.165, 1.54) is 0 Å². The molecule has 2 heterocycles. The third-order valence-electron chi connectivity index (χ3n) is 3.12. The Morgan fingerprint density at radius 2 is 2.31 bits per heavy atom. The number of nitrogens with zero attached hydrogens (tertiary/aromatic N) is 2. The van der Waals surface area contributed by atoms with Crippen molar-refractivity contribution in [1.82, 2.24) is 4.90 Å². The first kappa shape index (κ1) is 9.39. The fourth-order valence-electron chi connectivity index (χ4n) is 2.34. The number of amides is 1. The summed E-state index contributed by atoms with van der Waals surface area (Å²) in [4.78, 5) is 17.7. The lowest BCUT2D eigenvalue weighted by atomic mass is 10.0. The highest BCUT2D eigenvalue weighted by Gasteiger charge is 2.28. The van der Waals surface area contributed by atoms with Gasteiger partial charge in [-0.15, -0.1) is 0 Å². The van der Waals surface area contributed by atoms with Crippen LogP contribution in [-0.2, 0) is 6.54 Å². The topological polar surface area (TPSA) is 52.9 Å². The maximum absolute atomic E-state index is 11.8. The van der Waals surface area contributed by atoms with Crippen LogP contribution in [0.25, 0.3) is 6.08 Å². The highest BCUT2D eigenvalue weighted by atomic mass is 16.3. The van der Waals surface area contributed by atoms with Crippen LogP contribution in [0.5, 0.6) is 5.75 Å². The first-order valence-corrected chi connectivity index (χ1v) is 5.33. The average molecular weight is 216 g/mol. The normalized spacial score (nSPS) is 17.6. The third-order valence-corrected chi connectivity index (χ3v) is 3.12. The molecule has 0 saturated carbocycles. The molecule has 1 aromatic carbocycles. The van der Waals surface area contributed by atoms with Crippen molar-refractivity contribution in [2.24, 2.45) is 4.99 Å². The van der Waals surface area contributed by atoms with E-state index in [9.17, 15) is 9.90 Å². The molecule has 2 aliphatic rings. The van der Waals surface area contributed by atoms with E-state index in [4.69, 9.17) is 0 Å². The molecule has 3 rings (SSSR count). The van der Waals surface area contributed by atoms with E-state index in [2.05, 4.69) is 11.1 Å². The Bertz CT molecular complexity index is 604. The van der Waals surface area contributed by atoms with Crippen molar-refractivity contribution in [2.75, 3.05) is 13.6 Å². The second-order valence-electron chi connectivity index (χ2n) is 4.23. The van der Waals surface area contributed by atoms with Crippen LogP contribution in [0, 0.1) is 0 Å². The van der Waals surface area contributed by atoms with Gasteiger partial charge in [0, 0.05) is 20.1 Å². The van der Waals surface area contributed by atoms with Crippen LogP contribution in [0.15, 0.2) is 11.1 Å². The highest BCUT2D eigenvalue weighted by molar-refractivity contribution is 6.00. The van der Waals surface area contributed by atoms with Gasteiger partial charge in [0.25, 0.3) is 5.91 Å². The van der Waals surface area contributed by atoms with Crippen molar-refractivity contribution in [2.45, 2.75) is 13.0 Å². The van der Waals surface area contributed by atoms with Gasteiger partial charge in [-0.3, -0.25) is 9.79 Å². The van der Waals surface area contributed by atoms with Gasteiger partial charge in [-0.25, -0.2) is 0 Å². The summed E-state index contributed by atoms with van der Waals surface area (Å²) in [6.07, 6.45) is 2.96. The largest absolute Gasteiger partial charge is 0.505 e. The van der Waals surface area contributed by atoms with Crippen LogP contribution >= 0.6 is 0 Å². The summed E-state index contributed by atoms with van der Waals surface area (Å²) in [5.41, 5.74) is 1.33. The van der Waals surface area contributed by atoms with Crippen LogP contribution < -0.4 is 10.6 Å². The molecule has 0 radical (unpaired) electrons. The lowest BCUT2D eigenvalue weighted by Gasteiger charge is -2.05. The molecule has 0 aliphatic carbocycles. The van der Waals surface area contributed by atoms with Gasteiger partial charge in [0.2, 0.25) is 0 Å². The number of carbonyl (C=O) groups is 1. The van der Waals surface area contributed by atoms with Crippen LogP contribution in [0.2, 0.25) is 0 Å². The van der Waals surface area contributed by atoms with Crippen LogP contribution in [0.4, 0.5) is 0 Å². The SMILES string of the molecule is CN1Cc2cc3c(c(O)c2C1=O)=NCCC=3. The van der Waals surface area contributed by atoms with Crippen molar-refractivity contribution >= 4 is 12.0 Å². The zero-order valence-electron chi connectivity index (χ0n) is 9.03. The monoisotopic (exact) mass is 216 g/mol. The fraction of sp³-hybridized carbons (Fsp3) is 0.333. The number of phenolic OH excluding ortho intramolecular Hbond substituents is 1. The maximum Gasteiger partial charge on any atom is 0.258 e. The number of hydrogen-bond donors (Lipinski definition) is 1. The Kier molecular flexibility index (Phi) is 1.80. The Hall–Kier alpha value is -1.84. The van der Waals surface area contributed by atoms with Gasteiger partial charge in [-0.2, -0.15) is 0 Å².